The molecule has 5 nitrogen and oxygen atoms in total. The lowest BCUT2D eigenvalue weighted by Crippen LogP contribution is -2.17. The lowest BCUT2D eigenvalue weighted by molar-refractivity contribution is -0.117. The molecule has 1 saturated carbocycles. The van der Waals surface area contributed by atoms with Crippen molar-refractivity contribution in [1.29, 1.82) is 0 Å². The molecule has 0 bridgehead atoms. The summed E-state index contributed by atoms with van der Waals surface area (Å²) in [4.78, 5) is 25.0. The summed E-state index contributed by atoms with van der Waals surface area (Å²) in [6.45, 7) is 0. The molecule has 1 aliphatic rings. The fourth-order valence-corrected chi connectivity index (χ4v) is 4.39. The van der Waals surface area contributed by atoms with Crippen LogP contribution in [0.1, 0.15) is 57.8 Å². The summed E-state index contributed by atoms with van der Waals surface area (Å²) in [5, 5.41) is 14.5. The Kier molecular flexibility index (Phi) is 5.84. The lowest BCUT2D eigenvalue weighted by atomic mass is 9.93. The smallest absolute Gasteiger partial charge is 0.344 e. The SMILES string of the molecule is O=C(CC1CCCCCCCC1)Nc1ccc2c(c1)c(=O)oc1cc(O)ccc12. The third-order valence-electron chi connectivity index (χ3n) is 5.93. The number of phenols is 1. The number of phenolic OH excluding ortho intramolecular Hbond substituents is 1. The summed E-state index contributed by atoms with van der Waals surface area (Å²) in [6, 6.07) is 10.0. The largest absolute Gasteiger partial charge is 0.508 e. The normalized spacial score (nSPS) is 16.3. The van der Waals surface area contributed by atoms with Crippen LogP contribution >= 0.6 is 0 Å². The van der Waals surface area contributed by atoms with Gasteiger partial charge in [0, 0.05) is 28.9 Å². The second-order valence-corrected chi connectivity index (χ2v) is 8.15. The van der Waals surface area contributed by atoms with E-state index in [1.807, 2.05) is 12.1 Å². The molecule has 1 aliphatic carbocycles. The first-order chi connectivity index (χ1) is 14.1. The van der Waals surface area contributed by atoms with Gasteiger partial charge in [0.2, 0.25) is 5.91 Å². The summed E-state index contributed by atoms with van der Waals surface area (Å²) in [7, 11) is 0. The fourth-order valence-electron chi connectivity index (χ4n) is 4.39. The van der Waals surface area contributed by atoms with Gasteiger partial charge in [-0.3, -0.25) is 4.79 Å². The molecule has 1 heterocycles. The van der Waals surface area contributed by atoms with E-state index in [1.54, 1.807) is 18.2 Å². The van der Waals surface area contributed by atoms with E-state index in [0.29, 0.717) is 29.0 Å². The van der Waals surface area contributed by atoms with E-state index in [-0.39, 0.29) is 11.7 Å². The van der Waals surface area contributed by atoms with Crippen molar-refractivity contribution in [2.24, 2.45) is 5.92 Å². The van der Waals surface area contributed by atoms with Gasteiger partial charge < -0.3 is 14.8 Å². The monoisotopic (exact) mass is 393 g/mol. The molecule has 0 unspecified atom stereocenters. The van der Waals surface area contributed by atoms with Crippen LogP contribution in [-0.2, 0) is 4.79 Å². The van der Waals surface area contributed by atoms with Gasteiger partial charge in [-0.1, -0.05) is 44.6 Å². The molecule has 0 aliphatic heterocycles. The van der Waals surface area contributed by atoms with Crippen LogP contribution in [0.2, 0.25) is 0 Å². The summed E-state index contributed by atoms with van der Waals surface area (Å²) in [5.74, 6) is 0.493. The van der Waals surface area contributed by atoms with Crippen LogP contribution in [0.25, 0.3) is 21.7 Å². The molecule has 2 N–H and O–H groups in total. The highest BCUT2D eigenvalue weighted by Crippen LogP contribution is 2.28. The van der Waals surface area contributed by atoms with Crippen molar-refractivity contribution in [1.82, 2.24) is 0 Å². The molecule has 0 spiro atoms. The van der Waals surface area contributed by atoms with Crippen LogP contribution in [0.15, 0.2) is 45.6 Å². The summed E-state index contributed by atoms with van der Waals surface area (Å²) in [6.07, 6.45) is 10.3. The fraction of sp³-hybridized carbons (Fsp3) is 0.417. The Labute approximate surface area is 169 Å². The summed E-state index contributed by atoms with van der Waals surface area (Å²) < 4.78 is 5.35. The minimum atomic E-state index is -0.481. The number of nitrogens with one attached hydrogen (secondary N) is 1. The molecule has 2 aromatic carbocycles. The molecule has 1 amide bonds. The maximum Gasteiger partial charge on any atom is 0.344 e. The van der Waals surface area contributed by atoms with Gasteiger partial charge in [-0.2, -0.15) is 0 Å². The van der Waals surface area contributed by atoms with Crippen molar-refractivity contribution in [2.75, 3.05) is 5.32 Å². The number of carbonyl (C=O) groups excluding carboxylic acids is 1. The van der Waals surface area contributed by atoms with Crippen LogP contribution in [0.3, 0.4) is 0 Å². The molecule has 0 radical (unpaired) electrons. The highest BCUT2D eigenvalue weighted by atomic mass is 16.4. The Balaban J connectivity index is 1.52. The zero-order valence-electron chi connectivity index (χ0n) is 16.6. The number of benzene rings is 2. The molecular formula is C24H27NO4. The van der Waals surface area contributed by atoms with Gasteiger partial charge in [0.25, 0.3) is 0 Å². The van der Waals surface area contributed by atoms with E-state index in [4.69, 9.17) is 4.42 Å². The number of anilines is 1. The minimum absolute atomic E-state index is 0.00342. The first-order valence-corrected chi connectivity index (χ1v) is 10.6. The first kappa shape index (κ1) is 19.5. The van der Waals surface area contributed by atoms with Gasteiger partial charge in [-0.05, 0) is 43.0 Å². The van der Waals surface area contributed by atoms with Gasteiger partial charge >= 0.3 is 5.63 Å². The molecule has 0 saturated heterocycles. The average molecular weight is 393 g/mol. The van der Waals surface area contributed by atoms with Gasteiger partial charge in [0.05, 0.1) is 5.39 Å². The van der Waals surface area contributed by atoms with E-state index < -0.39 is 5.63 Å². The van der Waals surface area contributed by atoms with Crippen molar-refractivity contribution < 1.29 is 14.3 Å². The molecule has 3 aromatic rings. The zero-order valence-corrected chi connectivity index (χ0v) is 16.6. The van der Waals surface area contributed by atoms with E-state index in [0.717, 1.165) is 23.6 Å². The molecular weight excluding hydrogens is 366 g/mol. The van der Waals surface area contributed by atoms with E-state index in [9.17, 15) is 14.7 Å². The number of hydrogen-bond donors (Lipinski definition) is 2. The molecule has 152 valence electrons. The van der Waals surface area contributed by atoms with E-state index in [2.05, 4.69) is 5.32 Å². The maximum atomic E-state index is 12.6. The molecule has 0 atom stereocenters. The standard InChI is InChI=1S/C24H27NO4/c26-18-10-12-20-19-11-9-17(14-21(19)24(28)29-22(20)15-18)25-23(27)13-16-7-5-3-1-2-4-6-8-16/h9-12,14-16,26H,1-8,13H2,(H,25,27). The molecule has 5 heteroatoms. The van der Waals surface area contributed by atoms with Gasteiger partial charge in [-0.25, -0.2) is 4.79 Å². The van der Waals surface area contributed by atoms with Crippen molar-refractivity contribution >= 4 is 33.3 Å². The topological polar surface area (TPSA) is 79.5 Å². The molecule has 29 heavy (non-hydrogen) atoms. The van der Waals surface area contributed by atoms with Crippen molar-refractivity contribution in [3.05, 3.63) is 46.8 Å². The number of amides is 1. The summed E-state index contributed by atoms with van der Waals surface area (Å²) in [5.41, 5.74) is 0.473. The Bertz CT molecular complexity index is 1080. The Morgan fingerprint density at radius 1 is 0.931 bits per heavy atom. The van der Waals surface area contributed by atoms with Gasteiger partial charge in [0.15, 0.2) is 0 Å². The van der Waals surface area contributed by atoms with Crippen molar-refractivity contribution in [2.45, 2.75) is 57.8 Å². The van der Waals surface area contributed by atoms with Crippen molar-refractivity contribution in [3.63, 3.8) is 0 Å². The average Bonchev–Trinajstić information content (AvgIpc) is 2.82. The highest BCUT2D eigenvalue weighted by molar-refractivity contribution is 6.06. The molecule has 4 rings (SSSR count). The predicted octanol–water partition coefficient (Wildman–Crippen LogP) is 5.73. The minimum Gasteiger partial charge on any atom is -0.508 e. The number of fused-ring (bicyclic) bond motifs is 3. The quantitative estimate of drug-likeness (QED) is 0.440. The predicted molar refractivity (Wildman–Crippen MR) is 115 cm³/mol. The first-order valence-electron chi connectivity index (χ1n) is 10.6. The van der Waals surface area contributed by atoms with Gasteiger partial charge in [-0.15, -0.1) is 0 Å². The second-order valence-electron chi connectivity index (χ2n) is 8.15. The van der Waals surface area contributed by atoms with Crippen molar-refractivity contribution in [3.8, 4) is 5.75 Å². The Morgan fingerprint density at radius 2 is 1.62 bits per heavy atom. The Hall–Kier alpha value is -2.82. The van der Waals surface area contributed by atoms with Crippen LogP contribution in [0.5, 0.6) is 5.75 Å². The van der Waals surface area contributed by atoms with Crippen LogP contribution in [-0.4, -0.2) is 11.0 Å². The van der Waals surface area contributed by atoms with E-state index in [1.165, 1.54) is 44.6 Å². The zero-order chi connectivity index (χ0) is 20.2. The second kappa shape index (κ2) is 8.68. The number of rotatable bonds is 3. The third kappa shape index (κ3) is 4.61. The lowest BCUT2D eigenvalue weighted by Gasteiger charge is -2.15. The maximum absolute atomic E-state index is 12.6. The molecule has 1 fully saturated rings. The number of aromatic hydroxyl groups is 1. The molecule has 1 aromatic heterocycles. The van der Waals surface area contributed by atoms with Gasteiger partial charge in [0.1, 0.15) is 11.3 Å². The van der Waals surface area contributed by atoms with E-state index >= 15 is 0 Å². The highest BCUT2D eigenvalue weighted by Gasteiger charge is 2.16. The van der Waals surface area contributed by atoms with Crippen LogP contribution in [0, 0.1) is 5.92 Å². The number of hydrogen-bond acceptors (Lipinski definition) is 4. The van der Waals surface area contributed by atoms with Crippen LogP contribution < -0.4 is 10.9 Å². The summed E-state index contributed by atoms with van der Waals surface area (Å²) >= 11 is 0. The number of carbonyl (C=O) groups is 1. The third-order valence-corrected chi connectivity index (χ3v) is 5.93. The Morgan fingerprint density at radius 3 is 2.38 bits per heavy atom. The van der Waals surface area contributed by atoms with Crippen LogP contribution in [0.4, 0.5) is 5.69 Å².